The maximum absolute atomic E-state index is 6.08. The molecule has 1 N–H and O–H groups in total. The molecule has 0 heterocycles. The van der Waals surface area contributed by atoms with Gasteiger partial charge in [0.1, 0.15) is 0 Å². The van der Waals surface area contributed by atoms with Crippen molar-refractivity contribution < 1.29 is 0 Å². The molecule has 1 rings (SSSR count). The van der Waals surface area contributed by atoms with Gasteiger partial charge in [0, 0.05) is 11.6 Å². The molecule has 0 amide bonds. The summed E-state index contributed by atoms with van der Waals surface area (Å²) in [6.07, 6.45) is 9.28. The van der Waals surface area contributed by atoms with Crippen molar-refractivity contribution in [3.8, 4) is 0 Å². The highest BCUT2D eigenvalue weighted by Gasteiger charge is 1.99. The van der Waals surface area contributed by atoms with Gasteiger partial charge in [0.2, 0.25) is 0 Å². The molecule has 0 aliphatic carbocycles. The van der Waals surface area contributed by atoms with Crippen LogP contribution >= 0.6 is 23.2 Å². The molecule has 0 saturated heterocycles. The van der Waals surface area contributed by atoms with Crippen LogP contribution in [0.3, 0.4) is 0 Å². The van der Waals surface area contributed by atoms with Crippen LogP contribution < -0.4 is 5.32 Å². The fourth-order valence-electron chi connectivity index (χ4n) is 1.94. The van der Waals surface area contributed by atoms with E-state index in [9.17, 15) is 0 Å². The Balaban J connectivity index is 2.07. The summed E-state index contributed by atoms with van der Waals surface area (Å²) in [5.41, 5.74) is 0.979. The third-order valence-corrected chi connectivity index (χ3v) is 3.57. The maximum Gasteiger partial charge on any atom is 0.0652 e. The monoisotopic (exact) mass is 287 g/mol. The van der Waals surface area contributed by atoms with E-state index in [1.54, 1.807) is 6.07 Å². The van der Waals surface area contributed by atoms with E-state index >= 15 is 0 Å². The molecule has 18 heavy (non-hydrogen) atoms. The quantitative estimate of drug-likeness (QED) is 0.537. The number of anilines is 1. The van der Waals surface area contributed by atoms with Crippen molar-refractivity contribution in [2.75, 3.05) is 11.9 Å². The minimum atomic E-state index is 0.682. The molecular weight excluding hydrogens is 265 g/mol. The lowest BCUT2D eigenvalue weighted by Crippen LogP contribution is -2.01. The van der Waals surface area contributed by atoms with E-state index in [1.165, 1.54) is 44.9 Å². The summed E-state index contributed by atoms with van der Waals surface area (Å²) in [4.78, 5) is 0. The Kier molecular flexibility index (Phi) is 8.28. The van der Waals surface area contributed by atoms with Gasteiger partial charge in [-0.2, -0.15) is 0 Å². The molecule has 0 unspecified atom stereocenters. The Hall–Kier alpha value is -0.400. The van der Waals surface area contributed by atoms with Crippen LogP contribution in [0.5, 0.6) is 0 Å². The van der Waals surface area contributed by atoms with E-state index in [0.29, 0.717) is 10.0 Å². The molecule has 0 spiro atoms. The van der Waals surface area contributed by atoms with E-state index in [4.69, 9.17) is 23.2 Å². The molecule has 0 aliphatic rings. The number of hydrogen-bond donors (Lipinski definition) is 1. The average Bonchev–Trinajstić information content (AvgIpc) is 2.35. The molecule has 0 aromatic heterocycles. The van der Waals surface area contributed by atoms with Crippen LogP contribution in [-0.2, 0) is 0 Å². The molecular formula is C15H23Cl2N. The van der Waals surface area contributed by atoms with Gasteiger partial charge in [0.25, 0.3) is 0 Å². The minimum absolute atomic E-state index is 0.682. The number of benzene rings is 1. The number of unbranched alkanes of at least 4 members (excludes halogenated alkanes) is 6. The van der Waals surface area contributed by atoms with Crippen molar-refractivity contribution in [1.29, 1.82) is 0 Å². The van der Waals surface area contributed by atoms with Crippen LogP contribution in [0, 0.1) is 0 Å². The highest BCUT2D eigenvalue weighted by atomic mass is 35.5. The molecule has 1 aromatic rings. The van der Waals surface area contributed by atoms with Crippen molar-refractivity contribution in [1.82, 2.24) is 0 Å². The summed E-state index contributed by atoms with van der Waals surface area (Å²) in [7, 11) is 0. The zero-order valence-corrected chi connectivity index (χ0v) is 12.7. The molecule has 1 nitrogen and oxygen atoms in total. The average molecular weight is 288 g/mol. The van der Waals surface area contributed by atoms with Gasteiger partial charge in [-0.05, 0) is 24.6 Å². The molecule has 0 radical (unpaired) electrons. The van der Waals surface area contributed by atoms with Gasteiger partial charge in [-0.25, -0.2) is 0 Å². The SMILES string of the molecule is CCCCCCCCCNc1ccc(Cl)cc1Cl. The topological polar surface area (TPSA) is 12.0 Å². The first kappa shape index (κ1) is 15.7. The van der Waals surface area contributed by atoms with E-state index in [1.807, 2.05) is 12.1 Å². The van der Waals surface area contributed by atoms with Gasteiger partial charge in [-0.1, -0.05) is 68.7 Å². The molecule has 0 bridgehead atoms. The lowest BCUT2D eigenvalue weighted by molar-refractivity contribution is 0.596. The Morgan fingerprint density at radius 2 is 1.61 bits per heavy atom. The van der Waals surface area contributed by atoms with Crippen LogP contribution in [0.25, 0.3) is 0 Å². The number of hydrogen-bond acceptors (Lipinski definition) is 1. The maximum atomic E-state index is 6.08. The number of halogens is 2. The Morgan fingerprint density at radius 1 is 0.944 bits per heavy atom. The smallest absolute Gasteiger partial charge is 0.0652 e. The fraction of sp³-hybridized carbons (Fsp3) is 0.600. The first-order valence-corrected chi connectivity index (χ1v) is 7.68. The predicted octanol–water partition coefficient (Wildman–Crippen LogP) is 6.16. The second-order valence-corrected chi connectivity index (χ2v) is 5.52. The molecule has 102 valence electrons. The second kappa shape index (κ2) is 9.52. The van der Waals surface area contributed by atoms with Crippen LogP contribution in [0.15, 0.2) is 18.2 Å². The molecule has 0 atom stereocenters. The summed E-state index contributed by atoms with van der Waals surface area (Å²) < 4.78 is 0. The molecule has 3 heteroatoms. The normalized spacial score (nSPS) is 10.6. The second-order valence-electron chi connectivity index (χ2n) is 4.67. The Labute approximate surface area is 121 Å². The third-order valence-electron chi connectivity index (χ3n) is 3.03. The largest absolute Gasteiger partial charge is 0.384 e. The summed E-state index contributed by atoms with van der Waals surface area (Å²) >= 11 is 11.9. The third kappa shape index (κ3) is 6.51. The van der Waals surface area contributed by atoms with Crippen LogP contribution in [0.4, 0.5) is 5.69 Å². The predicted molar refractivity (Wildman–Crippen MR) is 82.9 cm³/mol. The standard InChI is InChI=1S/C15H23Cl2N/c1-2-3-4-5-6-7-8-11-18-15-10-9-13(16)12-14(15)17/h9-10,12,18H,2-8,11H2,1H3. The van der Waals surface area contributed by atoms with Crippen LogP contribution in [0.1, 0.15) is 51.9 Å². The van der Waals surface area contributed by atoms with E-state index in [0.717, 1.165) is 12.2 Å². The van der Waals surface area contributed by atoms with Gasteiger partial charge < -0.3 is 5.32 Å². The van der Waals surface area contributed by atoms with Gasteiger partial charge in [-0.15, -0.1) is 0 Å². The van der Waals surface area contributed by atoms with Gasteiger partial charge in [0.15, 0.2) is 0 Å². The van der Waals surface area contributed by atoms with Crippen molar-refractivity contribution in [2.45, 2.75) is 51.9 Å². The number of nitrogens with one attached hydrogen (secondary N) is 1. The molecule has 0 saturated carbocycles. The minimum Gasteiger partial charge on any atom is -0.384 e. The first-order chi connectivity index (χ1) is 8.74. The van der Waals surface area contributed by atoms with E-state index < -0.39 is 0 Å². The first-order valence-electron chi connectivity index (χ1n) is 6.93. The summed E-state index contributed by atoms with van der Waals surface area (Å²) in [5.74, 6) is 0. The van der Waals surface area contributed by atoms with Crippen molar-refractivity contribution in [3.63, 3.8) is 0 Å². The van der Waals surface area contributed by atoms with E-state index in [-0.39, 0.29) is 0 Å². The summed E-state index contributed by atoms with van der Waals surface area (Å²) in [6.45, 7) is 3.23. The van der Waals surface area contributed by atoms with Crippen molar-refractivity contribution >= 4 is 28.9 Å². The zero-order valence-electron chi connectivity index (χ0n) is 11.1. The number of rotatable bonds is 9. The molecule has 0 aliphatic heterocycles. The van der Waals surface area contributed by atoms with Crippen molar-refractivity contribution in [3.05, 3.63) is 28.2 Å². The van der Waals surface area contributed by atoms with Crippen LogP contribution in [-0.4, -0.2) is 6.54 Å². The van der Waals surface area contributed by atoms with Crippen LogP contribution in [0.2, 0.25) is 10.0 Å². The lowest BCUT2D eigenvalue weighted by atomic mass is 10.1. The Bertz CT molecular complexity index is 339. The zero-order chi connectivity index (χ0) is 13.2. The van der Waals surface area contributed by atoms with Gasteiger partial charge >= 0.3 is 0 Å². The summed E-state index contributed by atoms with van der Waals surface area (Å²) in [6, 6.07) is 5.57. The van der Waals surface area contributed by atoms with Crippen molar-refractivity contribution in [2.24, 2.45) is 0 Å². The molecule has 0 fully saturated rings. The summed E-state index contributed by atoms with van der Waals surface area (Å²) in [5, 5.41) is 4.73. The Morgan fingerprint density at radius 3 is 2.28 bits per heavy atom. The molecule has 1 aromatic carbocycles. The van der Waals surface area contributed by atoms with E-state index in [2.05, 4.69) is 12.2 Å². The van der Waals surface area contributed by atoms with Gasteiger partial charge in [0.05, 0.1) is 10.7 Å². The highest BCUT2D eigenvalue weighted by molar-refractivity contribution is 6.36. The lowest BCUT2D eigenvalue weighted by Gasteiger charge is -2.08. The highest BCUT2D eigenvalue weighted by Crippen LogP contribution is 2.25. The fourth-order valence-corrected chi connectivity index (χ4v) is 2.41. The van der Waals surface area contributed by atoms with Gasteiger partial charge in [-0.3, -0.25) is 0 Å².